The van der Waals surface area contributed by atoms with Crippen molar-refractivity contribution in [3.63, 3.8) is 0 Å². The van der Waals surface area contributed by atoms with Crippen LogP contribution in [0.5, 0.6) is 0 Å². The van der Waals surface area contributed by atoms with Crippen LogP contribution in [0.3, 0.4) is 0 Å². The lowest BCUT2D eigenvalue weighted by molar-refractivity contribution is 0.0493. The summed E-state index contributed by atoms with van der Waals surface area (Å²) in [6.07, 6.45) is -2.47. The summed E-state index contributed by atoms with van der Waals surface area (Å²) in [5.74, 6) is 0. The van der Waals surface area contributed by atoms with Gasteiger partial charge in [0.05, 0.1) is 18.8 Å². The second-order valence-corrected chi connectivity index (χ2v) is 4.72. The minimum absolute atomic E-state index is 0.0120. The number of amides is 1. The Morgan fingerprint density at radius 1 is 1.50 bits per heavy atom. The van der Waals surface area contributed by atoms with Crippen molar-refractivity contribution in [3.05, 3.63) is 32.6 Å². The van der Waals surface area contributed by atoms with Gasteiger partial charge in [0.25, 0.3) is 5.56 Å². The molecule has 1 amide bonds. The van der Waals surface area contributed by atoms with E-state index in [4.69, 9.17) is 0 Å². The number of carboxylic acid groups (broad SMARTS) is 1. The highest BCUT2D eigenvalue weighted by molar-refractivity contribution is 5.66. The predicted molar refractivity (Wildman–Crippen MR) is 66.5 cm³/mol. The van der Waals surface area contributed by atoms with Gasteiger partial charge in [-0.3, -0.25) is 19.2 Å². The molecule has 1 aliphatic rings. The van der Waals surface area contributed by atoms with E-state index in [1.54, 1.807) is 0 Å². The van der Waals surface area contributed by atoms with Crippen LogP contribution in [0, 0.1) is 6.92 Å². The fourth-order valence-corrected chi connectivity index (χ4v) is 2.45. The number of hydrogen-bond donors (Lipinski definition) is 4. The number of aromatic nitrogens is 2. The van der Waals surface area contributed by atoms with E-state index in [2.05, 4.69) is 4.98 Å². The lowest BCUT2D eigenvalue weighted by atomic mass is 10.2. The molecule has 9 nitrogen and oxygen atoms in total. The highest BCUT2D eigenvalue weighted by Crippen LogP contribution is 2.31. The molecule has 0 saturated carbocycles. The molecule has 110 valence electrons. The maximum Gasteiger partial charge on any atom is 0.409 e. The van der Waals surface area contributed by atoms with Crippen LogP contribution in [0.2, 0.25) is 0 Å². The van der Waals surface area contributed by atoms with Gasteiger partial charge in [-0.2, -0.15) is 0 Å². The second-order valence-electron chi connectivity index (χ2n) is 4.72. The SMILES string of the molecule is Cc1cn([C@H]2[C@H](O)C[C@@H](CO)N2C(=O)O)c(=O)[nH]c1=O. The fourth-order valence-electron chi connectivity index (χ4n) is 2.45. The monoisotopic (exact) mass is 285 g/mol. The summed E-state index contributed by atoms with van der Waals surface area (Å²) in [6.45, 7) is 1.00. The van der Waals surface area contributed by atoms with E-state index in [0.29, 0.717) is 0 Å². The van der Waals surface area contributed by atoms with Gasteiger partial charge in [-0.25, -0.2) is 9.59 Å². The summed E-state index contributed by atoms with van der Waals surface area (Å²) in [7, 11) is 0. The van der Waals surface area contributed by atoms with E-state index in [9.17, 15) is 29.7 Å². The van der Waals surface area contributed by atoms with Gasteiger partial charge in [0.2, 0.25) is 0 Å². The molecule has 1 saturated heterocycles. The van der Waals surface area contributed by atoms with Crippen LogP contribution in [0.1, 0.15) is 18.2 Å². The molecular formula is C11H15N3O6. The minimum atomic E-state index is -1.36. The predicted octanol–water partition coefficient (Wildman–Crippen LogP) is -1.55. The van der Waals surface area contributed by atoms with E-state index in [0.717, 1.165) is 9.47 Å². The van der Waals surface area contributed by atoms with Crippen LogP contribution in [-0.2, 0) is 0 Å². The number of nitrogens with one attached hydrogen (secondary N) is 1. The molecule has 0 aromatic carbocycles. The summed E-state index contributed by atoms with van der Waals surface area (Å²) >= 11 is 0. The number of hydrogen-bond acceptors (Lipinski definition) is 5. The molecule has 1 fully saturated rings. The summed E-state index contributed by atoms with van der Waals surface area (Å²) in [6, 6.07) is -0.799. The number of aliphatic hydroxyl groups excluding tert-OH is 2. The molecule has 2 heterocycles. The second kappa shape index (κ2) is 5.10. The Bertz CT molecular complexity index is 636. The largest absolute Gasteiger partial charge is 0.465 e. The van der Waals surface area contributed by atoms with Crippen LogP contribution in [0.15, 0.2) is 15.8 Å². The molecule has 1 aromatic rings. The average molecular weight is 285 g/mol. The molecule has 9 heteroatoms. The van der Waals surface area contributed by atoms with Crippen molar-refractivity contribution >= 4 is 6.09 Å². The summed E-state index contributed by atoms with van der Waals surface area (Å²) in [4.78, 5) is 37.3. The summed E-state index contributed by atoms with van der Waals surface area (Å²) in [5.41, 5.74) is -1.16. The minimum Gasteiger partial charge on any atom is -0.465 e. The zero-order valence-electron chi connectivity index (χ0n) is 10.7. The number of aromatic amines is 1. The van der Waals surface area contributed by atoms with Crippen LogP contribution in [-0.4, -0.2) is 54.6 Å². The smallest absolute Gasteiger partial charge is 0.409 e. The van der Waals surface area contributed by atoms with Gasteiger partial charge in [0.1, 0.15) is 6.17 Å². The zero-order chi connectivity index (χ0) is 15.0. The molecule has 3 atom stereocenters. The van der Waals surface area contributed by atoms with Crippen LogP contribution in [0.4, 0.5) is 4.79 Å². The maximum atomic E-state index is 11.8. The third-order valence-corrected chi connectivity index (χ3v) is 3.40. The van der Waals surface area contributed by atoms with Crippen molar-refractivity contribution in [2.45, 2.75) is 31.7 Å². The molecule has 4 N–H and O–H groups in total. The molecule has 20 heavy (non-hydrogen) atoms. The van der Waals surface area contributed by atoms with Gasteiger partial charge in [-0.1, -0.05) is 0 Å². The van der Waals surface area contributed by atoms with Crippen molar-refractivity contribution in [2.24, 2.45) is 0 Å². The number of carbonyl (C=O) groups is 1. The quantitative estimate of drug-likeness (QED) is 0.519. The number of H-pyrrole nitrogens is 1. The fraction of sp³-hybridized carbons (Fsp3) is 0.545. The van der Waals surface area contributed by atoms with Crippen LogP contribution in [0.25, 0.3) is 0 Å². The first-order chi connectivity index (χ1) is 9.36. The molecule has 1 aliphatic heterocycles. The maximum absolute atomic E-state index is 11.8. The van der Waals surface area contributed by atoms with E-state index in [1.165, 1.54) is 13.1 Å². The van der Waals surface area contributed by atoms with Crippen molar-refractivity contribution in [1.29, 1.82) is 0 Å². The number of likely N-dealkylation sites (tertiary alicyclic amines) is 1. The van der Waals surface area contributed by atoms with E-state index >= 15 is 0 Å². The summed E-state index contributed by atoms with van der Waals surface area (Å²) < 4.78 is 0.963. The topological polar surface area (TPSA) is 136 Å². The number of nitrogens with zero attached hydrogens (tertiary/aromatic N) is 2. The number of aliphatic hydroxyl groups is 2. The Balaban J connectivity index is 2.55. The molecule has 2 rings (SSSR count). The molecular weight excluding hydrogens is 270 g/mol. The highest BCUT2D eigenvalue weighted by atomic mass is 16.4. The van der Waals surface area contributed by atoms with Gasteiger partial charge in [0.15, 0.2) is 0 Å². The van der Waals surface area contributed by atoms with Gasteiger partial charge in [-0.15, -0.1) is 0 Å². The Labute approximate surface area is 112 Å². The first-order valence-electron chi connectivity index (χ1n) is 5.99. The van der Waals surface area contributed by atoms with Crippen molar-refractivity contribution in [2.75, 3.05) is 6.61 Å². The first-order valence-corrected chi connectivity index (χ1v) is 5.99. The van der Waals surface area contributed by atoms with Crippen molar-refractivity contribution < 1.29 is 20.1 Å². The Hall–Kier alpha value is -2.13. The summed E-state index contributed by atoms with van der Waals surface area (Å²) in [5, 5.41) is 28.3. The third kappa shape index (κ3) is 2.21. The standard InChI is InChI=1S/C11H15N3O6/c1-5-3-13(10(18)12-8(5)17)9-7(16)2-6(4-15)14(9)11(19)20/h3,6-7,9,15-16H,2,4H2,1H3,(H,19,20)(H,12,17,18)/t6-,7+,9+/m0/s1. The number of rotatable bonds is 2. The van der Waals surface area contributed by atoms with Gasteiger partial charge >= 0.3 is 11.8 Å². The first kappa shape index (κ1) is 14.3. The molecule has 0 aliphatic carbocycles. The normalized spacial score (nSPS) is 25.9. The van der Waals surface area contributed by atoms with Crippen molar-refractivity contribution in [1.82, 2.24) is 14.5 Å². The molecule has 1 aromatic heterocycles. The number of aryl methyl sites for hydroxylation is 1. The lowest BCUT2D eigenvalue weighted by Crippen LogP contribution is -2.46. The Kier molecular flexibility index (Phi) is 3.64. The molecule has 0 spiro atoms. The Morgan fingerprint density at radius 2 is 2.15 bits per heavy atom. The van der Waals surface area contributed by atoms with Crippen molar-refractivity contribution in [3.8, 4) is 0 Å². The van der Waals surface area contributed by atoms with E-state index in [-0.39, 0.29) is 12.0 Å². The van der Waals surface area contributed by atoms with E-state index in [1.807, 2.05) is 0 Å². The lowest BCUT2D eigenvalue weighted by Gasteiger charge is -2.28. The van der Waals surface area contributed by atoms with Gasteiger partial charge in [-0.05, 0) is 6.92 Å². The average Bonchev–Trinajstić information content (AvgIpc) is 2.71. The van der Waals surface area contributed by atoms with Gasteiger partial charge in [0, 0.05) is 18.2 Å². The molecule has 0 unspecified atom stereocenters. The van der Waals surface area contributed by atoms with Crippen LogP contribution >= 0.6 is 0 Å². The highest BCUT2D eigenvalue weighted by Gasteiger charge is 2.44. The zero-order valence-corrected chi connectivity index (χ0v) is 10.7. The third-order valence-electron chi connectivity index (χ3n) is 3.40. The molecule has 0 radical (unpaired) electrons. The molecule has 0 bridgehead atoms. The van der Waals surface area contributed by atoms with E-state index < -0.39 is 42.3 Å². The van der Waals surface area contributed by atoms with Crippen LogP contribution < -0.4 is 11.2 Å². The van der Waals surface area contributed by atoms with Gasteiger partial charge < -0.3 is 15.3 Å². The Morgan fingerprint density at radius 3 is 2.70 bits per heavy atom.